The van der Waals surface area contributed by atoms with Crippen LogP contribution in [-0.2, 0) is 47.4 Å². The van der Waals surface area contributed by atoms with E-state index < -0.39 is 84.7 Å². The van der Waals surface area contributed by atoms with Crippen LogP contribution in [0.2, 0.25) is 0 Å². The van der Waals surface area contributed by atoms with E-state index in [4.69, 9.17) is 30.2 Å². The Kier molecular flexibility index (Phi) is 12.3. The summed E-state index contributed by atoms with van der Waals surface area (Å²) in [6, 6.07) is 7.19. The molecule has 4 aromatic rings. The van der Waals surface area contributed by atoms with Gasteiger partial charge in [0.1, 0.15) is 36.0 Å². The normalized spacial score (nSPS) is 26.4. The second kappa shape index (κ2) is 16.8. The Morgan fingerprint density at radius 2 is 1.53 bits per heavy atom. The van der Waals surface area contributed by atoms with Crippen molar-refractivity contribution in [3.05, 3.63) is 56.9 Å². The van der Waals surface area contributed by atoms with Gasteiger partial charge in [-0.1, -0.05) is 12.1 Å². The van der Waals surface area contributed by atoms with E-state index >= 15 is 0 Å². The molecule has 7 rings (SSSR count). The molecule has 2 fully saturated rings. The number of methoxy groups -OCH3 is 1. The molecule has 3 aliphatic rings. The van der Waals surface area contributed by atoms with Crippen molar-refractivity contribution in [1.29, 1.82) is 0 Å². The SMILES string of the molecule is COc1ccc(CN2C[C@@H](COP(=O)(O)OP(=O)(O)OP(=O)(O)OC[C@H]3O[C@@H](n4cnc5c(=O)[nH]c(N)nc54)[C@H](O)[C@@H]3O)O[C@@H](N3CN(C)c4c3nc(N)[nH]c4=O)C2)cc1. The lowest BCUT2D eigenvalue weighted by Crippen LogP contribution is -2.55. The van der Waals surface area contributed by atoms with Gasteiger partial charge in [0, 0.05) is 26.7 Å². The first kappa shape index (κ1) is 43.7. The third-order valence-corrected chi connectivity index (χ3v) is 13.6. The third kappa shape index (κ3) is 9.58. The molecule has 2 saturated heterocycles. The molecule has 3 aromatic heterocycles. The molecule has 0 bridgehead atoms. The molecule has 0 saturated carbocycles. The predicted octanol–water partition coefficient (Wildman–Crippen LogP) is -1.50. The number of imidazole rings is 1. The number of benzene rings is 1. The van der Waals surface area contributed by atoms with Crippen LogP contribution in [0.1, 0.15) is 11.8 Å². The molecule has 3 aliphatic heterocycles. The molecule has 0 amide bonds. The van der Waals surface area contributed by atoms with Gasteiger partial charge < -0.3 is 60.4 Å². The number of ether oxygens (including phenoxy) is 3. The monoisotopic (exact) mass is 907 g/mol. The van der Waals surface area contributed by atoms with Crippen molar-refractivity contribution in [3.63, 3.8) is 0 Å². The van der Waals surface area contributed by atoms with Crippen molar-refractivity contribution in [2.45, 2.75) is 43.4 Å². The zero-order valence-corrected chi connectivity index (χ0v) is 34.0. The van der Waals surface area contributed by atoms with Crippen LogP contribution >= 0.6 is 23.5 Å². The zero-order valence-electron chi connectivity index (χ0n) is 31.4. The number of aromatic amines is 2. The van der Waals surface area contributed by atoms with E-state index in [0.29, 0.717) is 12.3 Å². The number of aromatic nitrogens is 6. The Morgan fingerprint density at radius 3 is 2.22 bits per heavy atom. The number of phosphoric acid groups is 3. The lowest BCUT2D eigenvalue weighted by Gasteiger charge is -2.42. The fourth-order valence-corrected chi connectivity index (χ4v) is 10.3. The topological polar surface area (TPSA) is 388 Å². The maximum atomic E-state index is 12.9. The summed E-state index contributed by atoms with van der Waals surface area (Å²) >= 11 is 0. The number of anilines is 4. The van der Waals surface area contributed by atoms with E-state index in [1.165, 1.54) is 7.11 Å². The molecule has 0 aliphatic carbocycles. The fraction of sp³-hybridized carbons (Fsp3) is 0.483. The Hall–Kier alpha value is -4.34. The van der Waals surface area contributed by atoms with Gasteiger partial charge in [-0.2, -0.15) is 18.6 Å². The number of hydrogen-bond acceptors (Lipinski definition) is 22. The molecular weight excluding hydrogens is 867 g/mol. The first-order valence-electron chi connectivity index (χ1n) is 17.5. The maximum Gasteiger partial charge on any atom is 0.490 e. The Morgan fingerprint density at radius 1 is 0.883 bits per heavy atom. The largest absolute Gasteiger partial charge is 0.497 e. The first-order chi connectivity index (χ1) is 28.2. The molecule has 328 valence electrons. The summed E-state index contributed by atoms with van der Waals surface area (Å²) < 4.78 is 74.6. The van der Waals surface area contributed by atoms with Crippen LogP contribution in [0.15, 0.2) is 40.2 Å². The zero-order chi connectivity index (χ0) is 43.3. The molecule has 3 unspecified atom stereocenters. The van der Waals surface area contributed by atoms with Gasteiger partial charge in [-0.15, -0.1) is 0 Å². The summed E-state index contributed by atoms with van der Waals surface area (Å²) in [5, 5.41) is 21.2. The summed E-state index contributed by atoms with van der Waals surface area (Å²) in [6.45, 7) is -0.984. The van der Waals surface area contributed by atoms with E-state index in [1.54, 1.807) is 29.0 Å². The minimum atomic E-state index is -5.95. The molecule has 11 N–H and O–H groups in total. The van der Waals surface area contributed by atoms with E-state index in [-0.39, 0.29) is 54.3 Å². The first-order valence-corrected chi connectivity index (χ1v) is 22.0. The minimum absolute atomic E-state index is 0.0849. The number of nitrogens with two attached hydrogens (primary N) is 2. The fourth-order valence-electron chi connectivity index (χ4n) is 6.78. The molecular formula is C29H40N11O17P3. The molecule has 9 atom stereocenters. The summed E-state index contributed by atoms with van der Waals surface area (Å²) in [6.07, 6.45) is -7.42. The Balaban J connectivity index is 0.978. The maximum absolute atomic E-state index is 12.9. The van der Waals surface area contributed by atoms with E-state index in [9.17, 15) is 48.2 Å². The quantitative estimate of drug-likeness (QED) is 0.0613. The third-order valence-electron chi connectivity index (χ3n) is 9.35. The number of aliphatic hydroxyl groups is 2. The van der Waals surface area contributed by atoms with E-state index in [0.717, 1.165) is 16.5 Å². The van der Waals surface area contributed by atoms with Gasteiger partial charge in [-0.3, -0.25) is 38.1 Å². The number of rotatable bonds is 15. The second-order valence-corrected chi connectivity index (χ2v) is 18.3. The number of H-pyrrole nitrogens is 2. The molecule has 0 spiro atoms. The average molecular weight is 908 g/mol. The molecule has 1 aromatic carbocycles. The van der Waals surface area contributed by atoms with E-state index in [1.807, 2.05) is 17.0 Å². The van der Waals surface area contributed by atoms with Crippen LogP contribution < -0.4 is 37.1 Å². The van der Waals surface area contributed by atoms with Gasteiger partial charge in [0.15, 0.2) is 23.2 Å². The number of nitrogens with one attached hydrogen (secondary N) is 2. The highest BCUT2D eigenvalue weighted by atomic mass is 31.3. The Bertz CT molecular complexity index is 2490. The van der Waals surface area contributed by atoms with Crippen molar-refractivity contribution in [2.75, 3.05) is 68.4 Å². The van der Waals surface area contributed by atoms with E-state index in [2.05, 4.69) is 38.1 Å². The number of nitrogen functional groups attached to an aromatic ring is 2. The van der Waals surface area contributed by atoms with Crippen molar-refractivity contribution < 1.29 is 70.5 Å². The standard InChI is InChI=1S/C29H40N11O17P3/c1-37-13-40(24-20(37)26(44)36-29(31)34-24)18-9-38(7-14-3-5-15(51-2)6-4-14)8-16(54-18)10-52-58(45,46)56-60(49,50)57-59(47,48)53-11-17-21(41)22(42)27(55-17)39-12-32-19-23(39)33-28(30)35-25(19)43/h3-6,12,16-18,21-22,27,41-42H,7-11,13H2,1-2H3,(H,45,46)(H,47,48)(H,49,50)(H3,30,33,35,43)(H3,31,34,36,44)/t16-,17+,18+,21+,22+,27+/m0/s1. The van der Waals surface area contributed by atoms with Crippen molar-refractivity contribution in [2.24, 2.45) is 0 Å². The molecule has 6 heterocycles. The number of phosphoric ester groups is 2. The lowest BCUT2D eigenvalue weighted by atomic mass is 10.1. The van der Waals surface area contributed by atoms with Gasteiger partial charge in [0.2, 0.25) is 11.9 Å². The van der Waals surface area contributed by atoms with Crippen molar-refractivity contribution in [3.8, 4) is 5.75 Å². The highest BCUT2D eigenvalue weighted by molar-refractivity contribution is 7.66. The number of fused-ring (bicyclic) bond motifs is 2. The number of hydrogen-bond donors (Lipinski definition) is 9. The predicted molar refractivity (Wildman–Crippen MR) is 204 cm³/mol. The number of morpholine rings is 1. The summed E-state index contributed by atoms with van der Waals surface area (Å²) in [4.78, 5) is 77.7. The van der Waals surface area contributed by atoms with Crippen molar-refractivity contribution in [1.82, 2.24) is 34.4 Å². The molecule has 60 heavy (non-hydrogen) atoms. The van der Waals surface area contributed by atoms with Crippen LogP contribution in [-0.4, -0.2) is 137 Å². The molecule has 0 radical (unpaired) electrons. The van der Waals surface area contributed by atoms with Crippen LogP contribution in [0.25, 0.3) is 11.2 Å². The molecule has 31 heteroatoms. The van der Waals surface area contributed by atoms with Gasteiger partial charge >= 0.3 is 23.5 Å². The number of aliphatic hydroxyl groups excluding tert-OH is 2. The molecule has 28 nitrogen and oxygen atoms in total. The van der Waals surface area contributed by atoms with Gasteiger partial charge in [0.25, 0.3) is 11.1 Å². The lowest BCUT2D eigenvalue weighted by molar-refractivity contribution is -0.103. The van der Waals surface area contributed by atoms with Gasteiger partial charge in [0.05, 0.1) is 39.4 Å². The van der Waals surface area contributed by atoms with Crippen LogP contribution in [0.5, 0.6) is 5.75 Å². The van der Waals surface area contributed by atoms with Crippen molar-refractivity contribution >= 4 is 58.0 Å². The van der Waals surface area contributed by atoms with Crippen LogP contribution in [0, 0.1) is 0 Å². The van der Waals surface area contributed by atoms with Crippen LogP contribution in [0.3, 0.4) is 0 Å². The van der Waals surface area contributed by atoms with Gasteiger partial charge in [-0.05, 0) is 17.7 Å². The average Bonchev–Trinajstić information content (AvgIpc) is 3.82. The summed E-state index contributed by atoms with van der Waals surface area (Å²) in [7, 11) is -14.0. The highest BCUT2D eigenvalue weighted by Crippen LogP contribution is 2.67. The van der Waals surface area contributed by atoms with Crippen LogP contribution in [0.4, 0.5) is 23.4 Å². The number of nitrogens with zero attached hydrogens (tertiary/aromatic N) is 7. The summed E-state index contributed by atoms with van der Waals surface area (Å²) in [5.41, 5.74) is 11.0. The van der Waals surface area contributed by atoms with Gasteiger partial charge in [-0.25, -0.2) is 18.7 Å². The summed E-state index contributed by atoms with van der Waals surface area (Å²) in [5.74, 6) is 0.413. The minimum Gasteiger partial charge on any atom is -0.497 e. The second-order valence-electron chi connectivity index (χ2n) is 13.7. The Labute approximate surface area is 337 Å². The smallest absolute Gasteiger partial charge is 0.490 e. The highest BCUT2D eigenvalue weighted by Gasteiger charge is 2.48.